The van der Waals surface area contributed by atoms with Crippen LogP contribution in [0.4, 0.5) is 4.39 Å². The molecule has 3 aromatic rings. The molecule has 8 heteroatoms. The summed E-state index contributed by atoms with van der Waals surface area (Å²) in [7, 11) is 1.43. The van der Waals surface area contributed by atoms with Crippen molar-refractivity contribution >= 4 is 17.6 Å². The molecule has 6 nitrogen and oxygen atoms in total. The van der Waals surface area contributed by atoms with Crippen LogP contribution in [-0.2, 0) is 11.3 Å². The molecule has 2 aromatic carbocycles. The Bertz CT molecular complexity index is 913. The maximum atomic E-state index is 13.2. The third kappa shape index (κ3) is 3.95. The molecule has 128 valence electrons. The highest BCUT2D eigenvalue weighted by Gasteiger charge is 2.17. The van der Waals surface area contributed by atoms with Gasteiger partial charge in [0.15, 0.2) is 6.61 Å². The number of benzene rings is 2. The summed E-state index contributed by atoms with van der Waals surface area (Å²) in [5.41, 5.74) is 0.637. The van der Waals surface area contributed by atoms with Crippen molar-refractivity contribution < 1.29 is 23.2 Å². The normalized spacial score (nSPS) is 10.5. The summed E-state index contributed by atoms with van der Waals surface area (Å²) in [6, 6.07) is 10.4. The Kier molecular flexibility index (Phi) is 4.95. The van der Waals surface area contributed by atoms with E-state index in [0.29, 0.717) is 16.3 Å². The van der Waals surface area contributed by atoms with Crippen LogP contribution in [0.1, 0.15) is 16.2 Å². The predicted molar refractivity (Wildman–Crippen MR) is 86.8 cm³/mol. The standard InChI is InChI=1S/C17H12ClFN2O4/c1-23-14-6-5-11(18)8-13(14)17(22)24-9-15-20-16(21-25-15)10-3-2-4-12(19)7-10/h2-8H,9H2,1H3. The van der Waals surface area contributed by atoms with Crippen LogP contribution in [0.15, 0.2) is 47.0 Å². The molecular formula is C17H12ClFN2O4. The van der Waals surface area contributed by atoms with Crippen LogP contribution in [0.25, 0.3) is 11.4 Å². The molecule has 0 bridgehead atoms. The summed E-state index contributed by atoms with van der Waals surface area (Å²) < 4.78 is 28.5. The minimum absolute atomic E-state index is 0.0774. The Hall–Kier alpha value is -2.93. The van der Waals surface area contributed by atoms with E-state index in [1.54, 1.807) is 18.2 Å². The number of hydrogen-bond acceptors (Lipinski definition) is 6. The van der Waals surface area contributed by atoms with Crippen molar-refractivity contribution in [1.29, 1.82) is 0 Å². The molecule has 0 aliphatic carbocycles. The topological polar surface area (TPSA) is 74.5 Å². The second kappa shape index (κ2) is 7.31. The van der Waals surface area contributed by atoms with E-state index >= 15 is 0 Å². The summed E-state index contributed by atoms with van der Waals surface area (Å²) in [6.07, 6.45) is 0. The molecule has 25 heavy (non-hydrogen) atoms. The van der Waals surface area contributed by atoms with Gasteiger partial charge in [-0.05, 0) is 30.3 Å². The Morgan fingerprint density at radius 1 is 1.28 bits per heavy atom. The van der Waals surface area contributed by atoms with Crippen LogP contribution in [0.3, 0.4) is 0 Å². The number of ether oxygens (including phenoxy) is 2. The van der Waals surface area contributed by atoms with Crippen LogP contribution in [-0.4, -0.2) is 23.2 Å². The zero-order valence-corrected chi connectivity index (χ0v) is 13.8. The molecule has 3 rings (SSSR count). The number of nitrogens with zero attached hydrogens (tertiary/aromatic N) is 2. The molecule has 0 aliphatic rings. The van der Waals surface area contributed by atoms with E-state index in [1.807, 2.05) is 0 Å². The number of rotatable bonds is 5. The Labute approximate surface area is 147 Å². The van der Waals surface area contributed by atoms with Crippen LogP contribution < -0.4 is 4.74 Å². The molecule has 0 saturated heterocycles. The zero-order valence-electron chi connectivity index (χ0n) is 13.0. The number of carbonyl (C=O) groups is 1. The minimum atomic E-state index is -0.648. The molecule has 0 atom stereocenters. The summed E-state index contributed by atoms with van der Waals surface area (Å²) in [5, 5.41) is 4.11. The van der Waals surface area contributed by atoms with E-state index in [2.05, 4.69) is 10.1 Å². The fourth-order valence-corrected chi connectivity index (χ4v) is 2.28. The number of halogens is 2. The first-order valence-electron chi connectivity index (χ1n) is 7.16. The van der Waals surface area contributed by atoms with E-state index in [4.69, 9.17) is 25.6 Å². The van der Waals surface area contributed by atoms with Crippen LogP contribution in [0, 0.1) is 5.82 Å². The summed E-state index contributed by atoms with van der Waals surface area (Å²) in [6.45, 7) is -0.239. The highest BCUT2D eigenvalue weighted by atomic mass is 35.5. The van der Waals surface area contributed by atoms with E-state index in [-0.39, 0.29) is 23.9 Å². The van der Waals surface area contributed by atoms with Crippen LogP contribution in [0.5, 0.6) is 5.75 Å². The average Bonchev–Trinajstić information content (AvgIpc) is 3.08. The first kappa shape index (κ1) is 16.9. The van der Waals surface area contributed by atoms with Gasteiger partial charge in [-0.25, -0.2) is 9.18 Å². The average molecular weight is 363 g/mol. The van der Waals surface area contributed by atoms with Gasteiger partial charge in [-0.3, -0.25) is 0 Å². The predicted octanol–water partition coefficient (Wildman–Crippen LogP) is 3.89. The van der Waals surface area contributed by atoms with Crippen molar-refractivity contribution in [2.45, 2.75) is 6.61 Å². The maximum Gasteiger partial charge on any atom is 0.342 e. The van der Waals surface area contributed by atoms with Crippen molar-refractivity contribution in [2.24, 2.45) is 0 Å². The second-order valence-corrected chi connectivity index (χ2v) is 5.38. The van der Waals surface area contributed by atoms with Gasteiger partial charge in [-0.1, -0.05) is 28.9 Å². The highest BCUT2D eigenvalue weighted by molar-refractivity contribution is 6.31. The minimum Gasteiger partial charge on any atom is -0.496 e. The Morgan fingerprint density at radius 3 is 2.88 bits per heavy atom. The Morgan fingerprint density at radius 2 is 2.12 bits per heavy atom. The molecule has 1 aromatic heterocycles. The lowest BCUT2D eigenvalue weighted by molar-refractivity contribution is 0.0426. The Balaban J connectivity index is 1.70. The number of esters is 1. The molecular weight excluding hydrogens is 351 g/mol. The molecule has 0 unspecified atom stereocenters. The van der Waals surface area contributed by atoms with Gasteiger partial charge < -0.3 is 14.0 Å². The van der Waals surface area contributed by atoms with Gasteiger partial charge in [0.25, 0.3) is 5.89 Å². The van der Waals surface area contributed by atoms with Gasteiger partial charge in [0.2, 0.25) is 5.82 Å². The molecule has 0 radical (unpaired) electrons. The van der Waals surface area contributed by atoms with Gasteiger partial charge in [0, 0.05) is 10.6 Å². The van der Waals surface area contributed by atoms with Crippen molar-refractivity contribution in [3.63, 3.8) is 0 Å². The van der Waals surface area contributed by atoms with E-state index in [9.17, 15) is 9.18 Å². The lowest BCUT2D eigenvalue weighted by Crippen LogP contribution is -2.07. The molecule has 0 saturated carbocycles. The number of aromatic nitrogens is 2. The van der Waals surface area contributed by atoms with E-state index in [0.717, 1.165) is 0 Å². The molecule has 0 fully saturated rings. The fraction of sp³-hybridized carbons (Fsp3) is 0.118. The number of methoxy groups -OCH3 is 1. The van der Waals surface area contributed by atoms with Gasteiger partial charge in [0.1, 0.15) is 17.1 Å². The summed E-state index contributed by atoms with van der Waals surface area (Å²) >= 11 is 5.88. The smallest absolute Gasteiger partial charge is 0.342 e. The first-order valence-corrected chi connectivity index (χ1v) is 7.54. The first-order chi connectivity index (χ1) is 12.1. The van der Waals surface area contributed by atoms with Gasteiger partial charge in [0.05, 0.1) is 7.11 Å². The highest BCUT2D eigenvalue weighted by Crippen LogP contribution is 2.24. The SMILES string of the molecule is COc1ccc(Cl)cc1C(=O)OCc1nc(-c2cccc(F)c2)no1. The lowest BCUT2D eigenvalue weighted by Gasteiger charge is -2.07. The number of hydrogen-bond donors (Lipinski definition) is 0. The third-order valence-electron chi connectivity index (χ3n) is 3.26. The van der Waals surface area contributed by atoms with Crippen LogP contribution in [0.2, 0.25) is 5.02 Å². The van der Waals surface area contributed by atoms with Crippen molar-refractivity contribution in [2.75, 3.05) is 7.11 Å². The molecule has 1 heterocycles. The molecule has 0 N–H and O–H groups in total. The fourth-order valence-electron chi connectivity index (χ4n) is 2.10. The number of carbonyl (C=O) groups excluding carboxylic acids is 1. The van der Waals surface area contributed by atoms with Crippen molar-refractivity contribution in [3.05, 3.63) is 64.8 Å². The quantitative estimate of drug-likeness (QED) is 0.641. The maximum absolute atomic E-state index is 13.2. The van der Waals surface area contributed by atoms with Crippen LogP contribution >= 0.6 is 11.6 Å². The monoisotopic (exact) mass is 362 g/mol. The molecule has 0 spiro atoms. The molecule has 0 aliphatic heterocycles. The van der Waals surface area contributed by atoms with Gasteiger partial charge >= 0.3 is 5.97 Å². The largest absolute Gasteiger partial charge is 0.496 e. The molecule has 0 amide bonds. The van der Waals surface area contributed by atoms with Crippen molar-refractivity contribution in [1.82, 2.24) is 10.1 Å². The third-order valence-corrected chi connectivity index (χ3v) is 3.49. The summed E-state index contributed by atoms with van der Waals surface area (Å²) in [4.78, 5) is 16.2. The van der Waals surface area contributed by atoms with E-state index < -0.39 is 11.8 Å². The zero-order chi connectivity index (χ0) is 17.8. The lowest BCUT2D eigenvalue weighted by atomic mass is 10.2. The van der Waals surface area contributed by atoms with Gasteiger partial charge in [-0.2, -0.15) is 4.98 Å². The summed E-state index contributed by atoms with van der Waals surface area (Å²) in [5.74, 6) is -0.451. The second-order valence-electron chi connectivity index (χ2n) is 4.94. The van der Waals surface area contributed by atoms with E-state index in [1.165, 1.54) is 31.4 Å². The van der Waals surface area contributed by atoms with Crippen molar-refractivity contribution in [3.8, 4) is 17.1 Å². The van der Waals surface area contributed by atoms with Gasteiger partial charge in [-0.15, -0.1) is 0 Å².